The largest absolute Gasteiger partial charge is 0.379 e. The number of carbonyl (C=O) groups excluding carboxylic acids is 1. The van der Waals surface area contributed by atoms with Gasteiger partial charge in [-0.3, -0.25) is 4.79 Å². The number of Topliss-reactive ketones (excluding diaryl/α,β-unsaturated/α-hetero) is 1. The number of ketones is 1. The molecule has 1 aliphatic rings. The van der Waals surface area contributed by atoms with Gasteiger partial charge in [0, 0.05) is 11.4 Å². The van der Waals surface area contributed by atoms with Crippen LogP contribution in [0.4, 0.5) is 0 Å². The first-order chi connectivity index (χ1) is 7.12. The summed E-state index contributed by atoms with van der Waals surface area (Å²) in [6, 6.07) is 7.46. The van der Waals surface area contributed by atoms with E-state index in [1.165, 1.54) is 0 Å². The first-order valence-electron chi connectivity index (χ1n) is 4.96. The van der Waals surface area contributed by atoms with Crippen molar-refractivity contribution in [1.29, 1.82) is 0 Å². The third kappa shape index (κ3) is 2.06. The lowest BCUT2D eigenvalue weighted by atomic mass is 9.81. The van der Waals surface area contributed by atoms with Gasteiger partial charge in [-0.2, -0.15) is 0 Å². The van der Waals surface area contributed by atoms with Crippen molar-refractivity contribution in [3.8, 4) is 0 Å². The maximum Gasteiger partial charge on any atom is 0.147 e. The summed E-state index contributed by atoms with van der Waals surface area (Å²) in [4.78, 5) is 11.9. The van der Waals surface area contributed by atoms with Gasteiger partial charge < -0.3 is 4.74 Å². The lowest BCUT2D eigenvalue weighted by Gasteiger charge is -2.36. The zero-order chi connectivity index (χ0) is 10.9. The zero-order valence-corrected chi connectivity index (χ0v) is 9.38. The third-order valence-corrected chi connectivity index (χ3v) is 3.19. The van der Waals surface area contributed by atoms with Crippen molar-refractivity contribution in [2.45, 2.75) is 13.3 Å². The van der Waals surface area contributed by atoms with E-state index in [-0.39, 0.29) is 11.2 Å². The van der Waals surface area contributed by atoms with E-state index in [0.29, 0.717) is 24.7 Å². The van der Waals surface area contributed by atoms with Crippen LogP contribution in [0, 0.1) is 5.41 Å². The molecule has 0 aliphatic carbocycles. The van der Waals surface area contributed by atoms with Gasteiger partial charge in [-0.1, -0.05) is 29.8 Å². The molecule has 0 saturated carbocycles. The van der Waals surface area contributed by atoms with Crippen LogP contribution < -0.4 is 0 Å². The normalized spacial score (nSPS) is 18.3. The van der Waals surface area contributed by atoms with Gasteiger partial charge >= 0.3 is 0 Å². The van der Waals surface area contributed by atoms with Crippen molar-refractivity contribution in [3.05, 3.63) is 34.9 Å². The fraction of sp³-hybridized carbons (Fsp3) is 0.417. The van der Waals surface area contributed by atoms with Crippen molar-refractivity contribution in [3.63, 3.8) is 0 Å². The van der Waals surface area contributed by atoms with Crippen LogP contribution in [0.3, 0.4) is 0 Å². The number of benzene rings is 1. The average molecular weight is 225 g/mol. The Morgan fingerprint density at radius 1 is 1.47 bits per heavy atom. The van der Waals surface area contributed by atoms with Gasteiger partial charge in [-0.15, -0.1) is 0 Å². The fourth-order valence-electron chi connectivity index (χ4n) is 1.60. The molecule has 0 atom stereocenters. The van der Waals surface area contributed by atoms with E-state index in [2.05, 4.69) is 0 Å². The summed E-state index contributed by atoms with van der Waals surface area (Å²) in [7, 11) is 0. The first-order valence-corrected chi connectivity index (χ1v) is 5.34. The summed E-state index contributed by atoms with van der Waals surface area (Å²) >= 11 is 6.00. The van der Waals surface area contributed by atoms with E-state index in [1.54, 1.807) is 0 Å². The molecule has 1 saturated heterocycles. The highest BCUT2D eigenvalue weighted by molar-refractivity contribution is 6.31. The van der Waals surface area contributed by atoms with Crippen molar-refractivity contribution in [1.82, 2.24) is 0 Å². The van der Waals surface area contributed by atoms with E-state index in [0.717, 1.165) is 5.56 Å². The molecule has 3 heteroatoms. The summed E-state index contributed by atoms with van der Waals surface area (Å²) in [6.07, 6.45) is 0.402. The maximum absolute atomic E-state index is 11.9. The van der Waals surface area contributed by atoms with Crippen LogP contribution in [0.5, 0.6) is 0 Å². The number of halogens is 1. The average Bonchev–Trinajstić information content (AvgIpc) is 2.18. The minimum Gasteiger partial charge on any atom is -0.379 e. The Labute approximate surface area is 94.2 Å². The van der Waals surface area contributed by atoms with Crippen LogP contribution in [-0.4, -0.2) is 19.0 Å². The Hall–Kier alpha value is -0.860. The van der Waals surface area contributed by atoms with E-state index >= 15 is 0 Å². The molecule has 0 spiro atoms. The molecular weight excluding hydrogens is 212 g/mol. The molecule has 0 unspecified atom stereocenters. The summed E-state index contributed by atoms with van der Waals surface area (Å²) in [6.45, 7) is 3.02. The number of carbonyl (C=O) groups is 1. The van der Waals surface area contributed by atoms with E-state index in [4.69, 9.17) is 16.3 Å². The number of hydrogen-bond donors (Lipinski definition) is 0. The molecule has 0 amide bonds. The second-order valence-corrected chi connectivity index (χ2v) is 4.65. The van der Waals surface area contributed by atoms with Gasteiger partial charge in [0.05, 0.1) is 18.6 Å². The van der Waals surface area contributed by atoms with Crippen LogP contribution in [0.1, 0.15) is 12.5 Å². The second kappa shape index (κ2) is 3.95. The predicted molar refractivity (Wildman–Crippen MR) is 59.1 cm³/mol. The Balaban J connectivity index is 2.09. The highest BCUT2D eigenvalue weighted by Crippen LogP contribution is 2.30. The molecule has 2 rings (SSSR count). The topological polar surface area (TPSA) is 26.3 Å². The van der Waals surface area contributed by atoms with Crippen molar-refractivity contribution >= 4 is 17.4 Å². The minimum atomic E-state index is -0.292. The van der Waals surface area contributed by atoms with Crippen molar-refractivity contribution < 1.29 is 9.53 Å². The van der Waals surface area contributed by atoms with Crippen molar-refractivity contribution in [2.75, 3.05) is 13.2 Å². The summed E-state index contributed by atoms with van der Waals surface area (Å²) in [5.41, 5.74) is 0.608. The third-order valence-electron chi connectivity index (χ3n) is 2.82. The quantitative estimate of drug-likeness (QED) is 0.789. The number of ether oxygens (including phenoxy) is 1. The monoisotopic (exact) mass is 224 g/mol. The molecular formula is C12H13ClO2. The molecule has 15 heavy (non-hydrogen) atoms. The molecule has 1 aromatic carbocycles. The fourth-order valence-corrected chi connectivity index (χ4v) is 1.80. The lowest BCUT2D eigenvalue weighted by molar-refractivity contribution is -0.154. The van der Waals surface area contributed by atoms with Gasteiger partial charge in [0.25, 0.3) is 0 Å². The second-order valence-electron chi connectivity index (χ2n) is 4.24. The smallest absolute Gasteiger partial charge is 0.147 e. The molecule has 1 aromatic rings. The molecule has 0 radical (unpaired) electrons. The predicted octanol–water partition coefficient (Wildman–Crippen LogP) is 2.49. The van der Waals surface area contributed by atoms with E-state index < -0.39 is 0 Å². The Kier molecular flexibility index (Phi) is 2.81. The Morgan fingerprint density at radius 3 is 2.67 bits per heavy atom. The Bertz CT molecular complexity index is 383. The summed E-state index contributed by atoms with van der Waals surface area (Å²) in [5, 5.41) is 0.662. The first kappa shape index (κ1) is 10.7. The maximum atomic E-state index is 11.9. The van der Waals surface area contributed by atoms with Gasteiger partial charge in [-0.05, 0) is 18.6 Å². The SMILES string of the molecule is CC1(C(=O)Cc2ccccc2Cl)COC1. The zero-order valence-electron chi connectivity index (χ0n) is 8.63. The molecule has 2 nitrogen and oxygen atoms in total. The van der Waals surface area contributed by atoms with Crippen LogP contribution in [0.2, 0.25) is 5.02 Å². The van der Waals surface area contributed by atoms with Gasteiger partial charge in [0.15, 0.2) is 0 Å². The lowest BCUT2D eigenvalue weighted by Crippen LogP contribution is -2.47. The molecule has 1 fully saturated rings. The summed E-state index contributed by atoms with van der Waals surface area (Å²) in [5.74, 6) is 0.210. The van der Waals surface area contributed by atoms with Gasteiger partial charge in [0.2, 0.25) is 0 Å². The minimum absolute atomic E-state index is 0.210. The van der Waals surface area contributed by atoms with Crippen LogP contribution in [-0.2, 0) is 16.0 Å². The van der Waals surface area contributed by atoms with Gasteiger partial charge in [-0.25, -0.2) is 0 Å². The number of rotatable bonds is 3. The highest BCUT2D eigenvalue weighted by atomic mass is 35.5. The van der Waals surface area contributed by atoms with Gasteiger partial charge in [0.1, 0.15) is 5.78 Å². The molecule has 0 bridgehead atoms. The summed E-state index contributed by atoms with van der Waals surface area (Å²) < 4.78 is 5.07. The van der Waals surface area contributed by atoms with Crippen LogP contribution >= 0.6 is 11.6 Å². The Morgan fingerprint density at radius 2 is 2.13 bits per heavy atom. The highest BCUT2D eigenvalue weighted by Gasteiger charge is 2.40. The van der Waals surface area contributed by atoms with Crippen LogP contribution in [0.15, 0.2) is 24.3 Å². The van der Waals surface area contributed by atoms with E-state index in [9.17, 15) is 4.79 Å². The molecule has 1 aliphatic heterocycles. The molecule has 0 aromatic heterocycles. The van der Waals surface area contributed by atoms with Crippen LogP contribution in [0.25, 0.3) is 0 Å². The standard InChI is InChI=1S/C12H13ClO2/c1-12(7-15-8-12)11(14)6-9-4-2-3-5-10(9)13/h2-5H,6-8H2,1H3. The van der Waals surface area contributed by atoms with Crippen molar-refractivity contribution in [2.24, 2.45) is 5.41 Å². The molecule has 0 N–H and O–H groups in total. The van der Waals surface area contributed by atoms with E-state index in [1.807, 2.05) is 31.2 Å². The molecule has 80 valence electrons. The number of hydrogen-bond acceptors (Lipinski definition) is 2. The molecule has 1 heterocycles.